The number of rotatable bonds is 9. The van der Waals surface area contributed by atoms with Gasteiger partial charge in [-0.15, -0.1) is 0 Å². The molecule has 0 spiro atoms. The first-order chi connectivity index (χ1) is 14.8. The van der Waals surface area contributed by atoms with Gasteiger partial charge in [0.2, 0.25) is 5.90 Å². The second kappa shape index (κ2) is 9.90. The van der Waals surface area contributed by atoms with E-state index >= 15 is 0 Å². The minimum atomic E-state index is -0.749. The highest BCUT2D eigenvalue weighted by molar-refractivity contribution is 6.02. The van der Waals surface area contributed by atoms with Gasteiger partial charge in [0.25, 0.3) is 0 Å². The predicted octanol–water partition coefficient (Wildman–Crippen LogP) is 5.00. The Balaban J connectivity index is 1.84. The summed E-state index contributed by atoms with van der Waals surface area (Å²) in [4.78, 5) is 29.5. The average Bonchev–Trinajstić information content (AvgIpc) is 3.12. The lowest BCUT2D eigenvalue weighted by Crippen LogP contribution is -2.28. The zero-order valence-corrected chi connectivity index (χ0v) is 18.8. The lowest BCUT2D eigenvalue weighted by Gasteiger charge is -2.15. The van der Waals surface area contributed by atoms with Gasteiger partial charge in [-0.1, -0.05) is 49.4 Å². The number of hydrogen-bond donors (Lipinski definition) is 0. The Morgan fingerprint density at radius 2 is 1.74 bits per heavy atom. The Labute approximate surface area is 184 Å². The first kappa shape index (κ1) is 22.7. The second-order valence-electron chi connectivity index (χ2n) is 8.49. The summed E-state index contributed by atoms with van der Waals surface area (Å²) in [5, 5.41) is 0. The van der Waals surface area contributed by atoms with Crippen molar-refractivity contribution in [2.24, 2.45) is 10.9 Å². The maximum Gasteiger partial charge on any atom is 0.316 e. The molecule has 1 atom stereocenters. The fourth-order valence-corrected chi connectivity index (χ4v) is 3.69. The van der Waals surface area contributed by atoms with Crippen LogP contribution < -0.4 is 0 Å². The van der Waals surface area contributed by atoms with Gasteiger partial charge >= 0.3 is 5.97 Å². The highest BCUT2D eigenvalue weighted by atomic mass is 16.5. The molecule has 1 aliphatic rings. The van der Waals surface area contributed by atoms with E-state index in [9.17, 15) is 9.59 Å². The molecule has 0 bridgehead atoms. The third-order valence-electron chi connectivity index (χ3n) is 5.28. The molecule has 5 nitrogen and oxygen atoms in total. The monoisotopic (exact) mass is 421 g/mol. The lowest BCUT2D eigenvalue weighted by atomic mass is 9.91. The van der Waals surface area contributed by atoms with Crippen molar-refractivity contribution in [3.63, 3.8) is 0 Å². The van der Waals surface area contributed by atoms with E-state index in [1.165, 1.54) is 0 Å². The summed E-state index contributed by atoms with van der Waals surface area (Å²) >= 11 is 0. The molecule has 0 fully saturated rings. The van der Waals surface area contributed by atoms with Gasteiger partial charge in [0.05, 0.1) is 12.1 Å². The molecule has 1 unspecified atom stereocenters. The van der Waals surface area contributed by atoms with Crippen molar-refractivity contribution in [1.29, 1.82) is 0 Å². The summed E-state index contributed by atoms with van der Waals surface area (Å²) in [7, 11) is 0. The normalized spacial score (nSPS) is 15.7. The topological polar surface area (TPSA) is 65.0 Å². The number of ether oxygens (including phenoxy) is 2. The molecular weight excluding hydrogens is 390 g/mol. The summed E-state index contributed by atoms with van der Waals surface area (Å²) < 4.78 is 11.0. The highest BCUT2D eigenvalue weighted by Crippen LogP contribution is 2.29. The van der Waals surface area contributed by atoms with Gasteiger partial charge in [-0.25, -0.2) is 4.99 Å². The molecule has 0 saturated carbocycles. The zero-order valence-electron chi connectivity index (χ0n) is 18.8. The Bertz CT molecular complexity index is 942. The number of nitrogens with zero attached hydrogens (tertiary/aromatic N) is 1. The smallest absolute Gasteiger partial charge is 0.316 e. The maximum absolute atomic E-state index is 12.5. The number of esters is 1. The van der Waals surface area contributed by atoms with Gasteiger partial charge in [0.1, 0.15) is 18.3 Å². The molecule has 3 rings (SSSR count). The zero-order chi connectivity index (χ0) is 22.4. The Hall–Kier alpha value is -2.95. The van der Waals surface area contributed by atoms with E-state index in [0.29, 0.717) is 31.8 Å². The van der Waals surface area contributed by atoms with E-state index in [0.717, 1.165) is 22.3 Å². The van der Waals surface area contributed by atoms with Crippen LogP contribution in [0.5, 0.6) is 0 Å². The molecule has 5 heteroatoms. The number of benzene rings is 2. The van der Waals surface area contributed by atoms with Crippen LogP contribution in [0.3, 0.4) is 0 Å². The standard InChI is InChI=1S/C26H31NO4/c1-5-9-23(28)22(25(29)30-6-2)16-18-12-14-19(15-13-18)20-10-7-8-11-21(20)24-27-26(3,4)17-31-24/h7-8,10-15,22H,5-6,9,16-17H2,1-4H3. The summed E-state index contributed by atoms with van der Waals surface area (Å²) in [5.74, 6) is -0.581. The molecule has 2 aromatic carbocycles. The van der Waals surface area contributed by atoms with Crippen molar-refractivity contribution in [3.05, 3.63) is 59.7 Å². The summed E-state index contributed by atoms with van der Waals surface area (Å²) in [6, 6.07) is 16.0. The first-order valence-electron chi connectivity index (χ1n) is 11.0. The van der Waals surface area contributed by atoms with Crippen molar-refractivity contribution in [3.8, 4) is 11.1 Å². The van der Waals surface area contributed by atoms with Crippen LogP contribution in [-0.4, -0.2) is 36.4 Å². The third kappa shape index (κ3) is 5.60. The SMILES string of the molecule is CCCC(=O)C(Cc1ccc(-c2ccccc2C2=NC(C)(C)CO2)cc1)C(=O)OCC. The van der Waals surface area contributed by atoms with Crippen LogP contribution in [-0.2, 0) is 25.5 Å². The third-order valence-corrected chi connectivity index (χ3v) is 5.28. The largest absolute Gasteiger partial charge is 0.475 e. The molecule has 164 valence electrons. The quantitative estimate of drug-likeness (QED) is 0.422. The van der Waals surface area contributed by atoms with Crippen molar-refractivity contribution < 1.29 is 19.1 Å². The summed E-state index contributed by atoms with van der Waals surface area (Å²) in [6.45, 7) is 8.63. The molecule has 0 aliphatic carbocycles. The van der Waals surface area contributed by atoms with Crippen molar-refractivity contribution in [1.82, 2.24) is 0 Å². The molecule has 0 N–H and O–H groups in total. The molecule has 0 saturated heterocycles. The van der Waals surface area contributed by atoms with Crippen LogP contribution >= 0.6 is 0 Å². The van der Waals surface area contributed by atoms with Gasteiger partial charge in [-0.2, -0.15) is 0 Å². The summed E-state index contributed by atoms with van der Waals surface area (Å²) in [5.41, 5.74) is 3.74. The van der Waals surface area contributed by atoms with Crippen LogP contribution in [0, 0.1) is 5.92 Å². The highest BCUT2D eigenvalue weighted by Gasteiger charge is 2.29. The summed E-state index contributed by atoms with van der Waals surface area (Å²) in [6.07, 6.45) is 1.45. The van der Waals surface area contributed by atoms with Crippen LogP contribution in [0.25, 0.3) is 11.1 Å². The fourth-order valence-electron chi connectivity index (χ4n) is 3.69. The average molecular weight is 422 g/mol. The number of aliphatic imine (C=N–C) groups is 1. The minimum Gasteiger partial charge on any atom is -0.475 e. The Morgan fingerprint density at radius 1 is 1.06 bits per heavy atom. The molecule has 0 aromatic heterocycles. The van der Waals surface area contributed by atoms with E-state index in [2.05, 4.69) is 13.8 Å². The van der Waals surface area contributed by atoms with Crippen LogP contribution in [0.4, 0.5) is 0 Å². The lowest BCUT2D eigenvalue weighted by molar-refractivity contribution is -0.151. The van der Waals surface area contributed by atoms with Crippen molar-refractivity contribution in [2.75, 3.05) is 13.2 Å². The number of Topliss-reactive ketones (excluding diaryl/α,β-unsaturated/α-hetero) is 1. The number of carbonyl (C=O) groups excluding carboxylic acids is 2. The Morgan fingerprint density at radius 3 is 2.32 bits per heavy atom. The van der Waals surface area contributed by atoms with E-state index in [1.807, 2.05) is 55.5 Å². The molecule has 1 aliphatic heterocycles. The number of ketones is 1. The number of carbonyl (C=O) groups is 2. The second-order valence-corrected chi connectivity index (χ2v) is 8.49. The predicted molar refractivity (Wildman–Crippen MR) is 122 cm³/mol. The van der Waals surface area contributed by atoms with Gasteiger partial charge in [-0.3, -0.25) is 9.59 Å². The van der Waals surface area contributed by atoms with E-state index in [1.54, 1.807) is 6.92 Å². The van der Waals surface area contributed by atoms with Crippen molar-refractivity contribution >= 4 is 17.7 Å². The van der Waals surface area contributed by atoms with E-state index in [4.69, 9.17) is 14.5 Å². The van der Waals surface area contributed by atoms with Crippen LogP contribution in [0.1, 0.15) is 51.7 Å². The van der Waals surface area contributed by atoms with Gasteiger partial charge < -0.3 is 9.47 Å². The fraction of sp³-hybridized carbons (Fsp3) is 0.423. The van der Waals surface area contributed by atoms with E-state index < -0.39 is 11.9 Å². The van der Waals surface area contributed by atoms with Crippen molar-refractivity contribution in [2.45, 2.75) is 52.5 Å². The molecular formula is C26H31NO4. The van der Waals surface area contributed by atoms with Gasteiger partial charge in [-0.05, 0) is 56.4 Å². The molecule has 1 heterocycles. The molecule has 31 heavy (non-hydrogen) atoms. The maximum atomic E-state index is 12.5. The number of hydrogen-bond acceptors (Lipinski definition) is 5. The molecule has 0 amide bonds. The molecule has 2 aromatic rings. The Kier molecular flexibility index (Phi) is 7.26. The molecule has 0 radical (unpaired) electrons. The van der Waals surface area contributed by atoms with Gasteiger partial charge in [0.15, 0.2) is 0 Å². The first-order valence-corrected chi connectivity index (χ1v) is 11.0. The van der Waals surface area contributed by atoms with Crippen LogP contribution in [0.15, 0.2) is 53.5 Å². The van der Waals surface area contributed by atoms with Crippen LogP contribution in [0.2, 0.25) is 0 Å². The minimum absolute atomic E-state index is 0.0608. The van der Waals surface area contributed by atoms with E-state index in [-0.39, 0.29) is 17.9 Å². The van der Waals surface area contributed by atoms with Gasteiger partial charge in [0, 0.05) is 12.0 Å².